The van der Waals surface area contributed by atoms with Crippen molar-refractivity contribution in [2.75, 3.05) is 33.2 Å². The third-order valence-electron chi connectivity index (χ3n) is 4.67. The molecule has 1 saturated heterocycles. The van der Waals surface area contributed by atoms with Crippen LogP contribution < -0.4 is 10.6 Å². The second-order valence-electron chi connectivity index (χ2n) is 6.95. The molecule has 0 aliphatic carbocycles. The fourth-order valence-corrected chi connectivity index (χ4v) is 3.10. The minimum atomic E-state index is 0. The van der Waals surface area contributed by atoms with E-state index in [1.165, 1.54) is 37.9 Å². The van der Waals surface area contributed by atoms with Gasteiger partial charge in [0.2, 0.25) is 0 Å². The first-order valence-corrected chi connectivity index (χ1v) is 8.85. The number of nitrogens with zero attached hydrogens (tertiary/aromatic N) is 2. The zero-order valence-corrected chi connectivity index (χ0v) is 17.7. The van der Waals surface area contributed by atoms with Gasteiger partial charge in [0.15, 0.2) is 5.96 Å². The van der Waals surface area contributed by atoms with Gasteiger partial charge in [0.1, 0.15) is 0 Å². The smallest absolute Gasteiger partial charge is 0.191 e. The predicted molar refractivity (Wildman–Crippen MR) is 114 cm³/mol. The summed E-state index contributed by atoms with van der Waals surface area (Å²) in [4.78, 5) is 6.94. The van der Waals surface area contributed by atoms with Crippen LogP contribution in [-0.2, 0) is 6.42 Å². The third kappa shape index (κ3) is 6.97. The van der Waals surface area contributed by atoms with Crippen molar-refractivity contribution in [3.63, 3.8) is 0 Å². The monoisotopic (exact) mass is 444 g/mol. The van der Waals surface area contributed by atoms with Crippen LogP contribution in [0.2, 0.25) is 0 Å². The van der Waals surface area contributed by atoms with Crippen LogP contribution in [0, 0.1) is 0 Å². The summed E-state index contributed by atoms with van der Waals surface area (Å²) in [6, 6.07) is 10.6. The van der Waals surface area contributed by atoms with E-state index in [0.717, 1.165) is 25.5 Å². The summed E-state index contributed by atoms with van der Waals surface area (Å²) in [5.74, 6) is 0.894. The van der Waals surface area contributed by atoms with E-state index >= 15 is 0 Å². The highest BCUT2D eigenvalue weighted by atomic mass is 127. The summed E-state index contributed by atoms with van der Waals surface area (Å²) in [6.45, 7) is 8.89. The molecule has 0 spiro atoms. The highest BCUT2D eigenvalue weighted by molar-refractivity contribution is 14.0. The van der Waals surface area contributed by atoms with Gasteiger partial charge in [-0.15, -0.1) is 24.0 Å². The van der Waals surface area contributed by atoms with Crippen LogP contribution in [0.3, 0.4) is 0 Å². The van der Waals surface area contributed by atoms with E-state index in [0.29, 0.717) is 0 Å². The van der Waals surface area contributed by atoms with Gasteiger partial charge in [0, 0.05) is 25.7 Å². The Labute approximate surface area is 164 Å². The molecule has 1 aliphatic rings. The van der Waals surface area contributed by atoms with E-state index < -0.39 is 0 Å². The largest absolute Gasteiger partial charge is 0.356 e. The number of benzene rings is 1. The molecule has 0 saturated carbocycles. The maximum absolute atomic E-state index is 4.34. The Hall–Kier alpha value is -0.820. The molecule has 4 nitrogen and oxygen atoms in total. The van der Waals surface area contributed by atoms with Gasteiger partial charge in [0.05, 0.1) is 0 Å². The first-order valence-electron chi connectivity index (χ1n) is 8.85. The lowest BCUT2D eigenvalue weighted by Crippen LogP contribution is -2.55. The summed E-state index contributed by atoms with van der Waals surface area (Å²) < 4.78 is 0. The third-order valence-corrected chi connectivity index (χ3v) is 4.67. The van der Waals surface area contributed by atoms with Gasteiger partial charge < -0.3 is 10.6 Å². The van der Waals surface area contributed by atoms with Crippen molar-refractivity contribution in [3.05, 3.63) is 35.9 Å². The van der Waals surface area contributed by atoms with E-state index in [4.69, 9.17) is 0 Å². The molecule has 0 amide bonds. The maximum Gasteiger partial charge on any atom is 0.191 e. The molecule has 24 heavy (non-hydrogen) atoms. The second kappa shape index (κ2) is 10.9. The Morgan fingerprint density at radius 2 is 1.75 bits per heavy atom. The van der Waals surface area contributed by atoms with Gasteiger partial charge in [-0.1, -0.05) is 36.8 Å². The molecule has 2 N–H and O–H groups in total. The standard InChI is InChI=1S/C19H32N4.HI/c1-19(2,23-14-8-5-9-15-23)16-22-18(20-3)21-13-12-17-10-6-4-7-11-17;/h4,6-7,10-11H,5,8-9,12-16H2,1-3H3,(H2,20,21,22);1H. The molecule has 0 aromatic heterocycles. The van der Waals surface area contributed by atoms with Gasteiger partial charge in [0.25, 0.3) is 0 Å². The molecule has 1 aromatic carbocycles. The number of halogens is 1. The van der Waals surface area contributed by atoms with Gasteiger partial charge in [-0.3, -0.25) is 9.89 Å². The summed E-state index contributed by atoms with van der Waals surface area (Å²) >= 11 is 0. The minimum absolute atomic E-state index is 0. The molecular weight excluding hydrogens is 411 g/mol. The molecule has 2 rings (SSSR count). The Morgan fingerprint density at radius 1 is 1.08 bits per heavy atom. The molecule has 1 fully saturated rings. The summed E-state index contributed by atoms with van der Waals surface area (Å²) in [5.41, 5.74) is 1.52. The van der Waals surface area contributed by atoms with E-state index in [1.54, 1.807) is 0 Å². The van der Waals surface area contributed by atoms with Crippen molar-refractivity contribution in [1.82, 2.24) is 15.5 Å². The van der Waals surface area contributed by atoms with Crippen molar-refractivity contribution < 1.29 is 0 Å². The molecule has 0 atom stereocenters. The van der Waals surface area contributed by atoms with Crippen LogP contribution in [0.1, 0.15) is 38.7 Å². The van der Waals surface area contributed by atoms with Crippen molar-refractivity contribution in [1.29, 1.82) is 0 Å². The zero-order chi connectivity index (χ0) is 16.5. The van der Waals surface area contributed by atoms with Crippen LogP contribution in [0.5, 0.6) is 0 Å². The molecule has 1 heterocycles. The molecule has 0 radical (unpaired) electrons. The first-order chi connectivity index (χ1) is 11.1. The number of hydrogen-bond acceptors (Lipinski definition) is 2. The van der Waals surface area contributed by atoms with Crippen LogP contribution in [0.4, 0.5) is 0 Å². The summed E-state index contributed by atoms with van der Waals surface area (Å²) in [6.07, 6.45) is 5.04. The quantitative estimate of drug-likeness (QED) is 0.402. The average Bonchev–Trinajstić information content (AvgIpc) is 2.59. The Kier molecular flexibility index (Phi) is 9.66. The van der Waals surface area contributed by atoms with Gasteiger partial charge >= 0.3 is 0 Å². The summed E-state index contributed by atoms with van der Waals surface area (Å²) in [5, 5.41) is 6.90. The second-order valence-corrected chi connectivity index (χ2v) is 6.95. The van der Waals surface area contributed by atoms with Crippen molar-refractivity contribution in [3.8, 4) is 0 Å². The predicted octanol–water partition coefficient (Wildman–Crippen LogP) is 3.28. The fraction of sp³-hybridized carbons (Fsp3) is 0.632. The first kappa shape index (κ1) is 21.2. The van der Waals surface area contributed by atoms with Gasteiger partial charge in [-0.25, -0.2) is 0 Å². The molecule has 1 aliphatic heterocycles. The Balaban J connectivity index is 0.00000288. The number of aliphatic imine (C=N–C) groups is 1. The SMILES string of the molecule is CN=C(NCCc1ccccc1)NCC(C)(C)N1CCCCC1.I. The van der Waals surface area contributed by atoms with E-state index in [2.05, 4.69) is 64.7 Å². The molecule has 136 valence electrons. The van der Waals surface area contributed by atoms with Crippen molar-refractivity contribution in [2.24, 2.45) is 4.99 Å². The number of guanidine groups is 1. The van der Waals surface area contributed by atoms with Gasteiger partial charge in [-0.2, -0.15) is 0 Å². The molecular formula is C19H33IN4. The highest BCUT2D eigenvalue weighted by Crippen LogP contribution is 2.19. The number of hydrogen-bond donors (Lipinski definition) is 2. The summed E-state index contributed by atoms with van der Waals surface area (Å²) in [7, 11) is 1.84. The molecule has 1 aromatic rings. The highest BCUT2D eigenvalue weighted by Gasteiger charge is 2.27. The fourth-order valence-electron chi connectivity index (χ4n) is 3.10. The van der Waals surface area contributed by atoms with E-state index in [-0.39, 0.29) is 29.5 Å². The lowest BCUT2D eigenvalue weighted by Gasteiger charge is -2.41. The van der Waals surface area contributed by atoms with E-state index in [9.17, 15) is 0 Å². The van der Waals surface area contributed by atoms with Crippen LogP contribution >= 0.6 is 24.0 Å². The zero-order valence-electron chi connectivity index (χ0n) is 15.3. The van der Waals surface area contributed by atoms with Crippen LogP contribution in [0.15, 0.2) is 35.3 Å². The number of piperidine rings is 1. The number of nitrogens with one attached hydrogen (secondary N) is 2. The Morgan fingerprint density at radius 3 is 2.38 bits per heavy atom. The maximum atomic E-state index is 4.34. The van der Waals surface area contributed by atoms with Crippen molar-refractivity contribution in [2.45, 2.75) is 45.1 Å². The topological polar surface area (TPSA) is 39.7 Å². The van der Waals surface area contributed by atoms with Crippen LogP contribution in [-0.4, -0.2) is 49.6 Å². The van der Waals surface area contributed by atoms with Gasteiger partial charge in [-0.05, 0) is 51.8 Å². The normalized spacial score (nSPS) is 16.4. The lowest BCUT2D eigenvalue weighted by atomic mass is 9.98. The van der Waals surface area contributed by atoms with Crippen molar-refractivity contribution >= 4 is 29.9 Å². The lowest BCUT2D eigenvalue weighted by molar-refractivity contribution is 0.0982. The average molecular weight is 444 g/mol. The number of rotatable bonds is 6. The van der Waals surface area contributed by atoms with E-state index in [1.807, 2.05) is 7.05 Å². The minimum Gasteiger partial charge on any atom is -0.356 e. The Bertz CT molecular complexity index is 481. The van der Waals surface area contributed by atoms with Crippen LogP contribution in [0.25, 0.3) is 0 Å². The molecule has 5 heteroatoms. The molecule has 0 unspecified atom stereocenters. The molecule has 0 bridgehead atoms. The number of likely N-dealkylation sites (tertiary alicyclic amines) is 1.